The number of carbonyl (C=O) groups is 1. The van der Waals surface area contributed by atoms with Crippen molar-refractivity contribution in [2.24, 2.45) is 5.10 Å². The summed E-state index contributed by atoms with van der Waals surface area (Å²) in [6.07, 6.45) is 1.55. The van der Waals surface area contributed by atoms with Crippen LogP contribution in [0.25, 0.3) is 0 Å². The third-order valence-corrected chi connectivity index (χ3v) is 5.68. The third kappa shape index (κ3) is 7.11. The standard InChI is InChI=1S/C23H20ClN3O4S/c1-16(32-22-12-6-19(24)7-13-22)23(28)26-25-14-17-4-10-21(11-5-17)31-15-18-2-8-20(9-3-18)27(29)30/h2-14,16H,15H2,1H3,(H,26,28)/b25-14+. The zero-order valence-corrected chi connectivity index (χ0v) is 18.7. The molecule has 3 aromatic carbocycles. The second-order valence-corrected chi connectivity index (χ2v) is 8.58. The maximum atomic E-state index is 12.2. The number of nitrogens with zero attached hydrogens (tertiary/aromatic N) is 2. The summed E-state index contributed by atoms with van der Waals surface area (Å²) in [6, 6.07) is 20.7. The molecule has 1 unspecified atom stereocenters. The van der Waals surface area contributed by atoms with Gasteiger partial charge in [-0.05, 0) is 78.7 Å². The van der Waals surface area contributed by atoms with Gasteiger partial charge in [-0.3, -0.25) is 14.9 Å². The number of benzene rings is 3. The fraction of sp³-hybridized carbons (Fsp3) is 0.130. The molecule has 164 valence electrons. The second kappa shape index (κ2) is 11.3. The summed E-state index contributed by atoms with van der Waals surface area (Å²) in [5, 5.41) is 15.0. The van der Waals surface area contributed by atoms with Crippen molar-refractivity contribution in [3.8, 4) is 5.75 Å². The lowest BCUT2D eigenvalue weighted by atomic mass is 10.2. The summed E-state index contributed by atoms with van der Waals surface area (Å²) >= 11 is 7.29. The number of nitro groups is 1. The van der Waals surface area contributed by atoms with E-state index in [0.717, 1.165) is 16.0 Å². The number of thioether (sulfide) groups is 1. The molecule has 0 bridgehead atoms. The normalized spacial score (nSPS) is 11.8. The van der Waals surface area contributed by atoms with E-state index >= 15 is 0 Å². The van der Waals surface area contributed by atoms with E-state index in [2.05, 4.69) is 10.5 Å². The minimum absolute atomic E-state index is 0.0439. The molecule has 0 heterocycles. The molecule has 3 rings (SSSR count). The van der Waals surface area contributed by atoms with Gasteiger partial charge in [-0.2, -0.15) is 5.10 Å². The van der Waals surface area contributed by atoms with E-state index in [1.165, 1.54) is 23.9 Å². The zero-order valence-electron chi connectivity index (χ0n) is 17.1. The first kappa shape index (κ1) is 23.3. The quantitative estimate of drug-likeness (QED) is 0.194. The molecular weight excluding hydrogens is 450 g/mol. The van der Waals surface area contributed by atoms with Gasteiger partial charge in [0, 0.05) is 22.1 Å². The smallest absolute Gasteiger partial charge is 0.269 e. The fourth-order valence-corrected chi connectivity index (χ4v) is 3.55. The largest absolute Gasteiger partial charge is 0.489 e. The van der Waals surface area contributed by atoms with Crippen molar-refractivity contribution in [1.29, 1.82) is 0 Å². The highest BCUT2D eigenvalue weighted by Gasteiger charge is 2.13. The molecule has 32 heavy (non-hydrogen) atoms. The molecule has 1 N–H and O–H groups in total. The summed E-state index contributed by atoms with van der Waals surface area (Å²) in [4.78, 5) is 23.4. The minimum Gasteiger partial charge on any atom is -0.489 e. The number of hydrazone groups is 1. The molecular formula is C23H20ClN3O4S. The van der Waals surface area contributed by atoms with E-state index < -0.39 is 4.92 Å². The molecule has 1 atom stereocenters. The van der Waals surface area contributed by atoms with Gasteiger partial charge < -0.3 is 4.74 Å². The highest BCUT2D eigenvalue weighted by Crippen LogP contribution is 2.24. The Kier molecular flexibility index (Phi) is 8.24. The molecule has 0 aliphatic heterocycles. The van der Waals surface area contributed by atoms with Crippen LogP contribution in [0.2, 0.25) is 5.02 Å². The lowest BCUT2D eigenvalue weighted by Crippen LogP contribution is -2.26. The molecule has 7 nitrogen and oxygen atoms in total. The van der Waals surface area contributed by atoms with Crippen LogP contribution in [0.1, 0.15) is 18.1 Å². The molecule has 0 saturated carbocycles. The maximum Gasteiger partial charge on any atom is 0.269 e. The van der Waals surface area contributed by atoms with Gasteiger partial charge in [-0.25, -0.2) is 5.43 Å². The van der Waals surface area contributed by atoms with Crippen LogP contribution in [0.4, 0.5) is 5.69 Å². The molecule has 0 aromatic heterocycles. The summed E-state index contributed by atoms with van der Waals surface area (Å²) in [5.41, 5.74) is 4.21. The van der Waals surface area contributed by atoms with Gasteiger partial charge in [0.2, 0.25) is 0 Å². The molecule has 3 aromatic rings. The second-order valence-electron chi connectivity index (χ2n) is 6.73. The first-order chi connectivity index (χ1) is 15.4. The number of amides is 1. The molecule has 0 spiro atoms. The minimum atomic E-state index is -0.438. The number of carbonyl (C=O) groups excluding carboxylic acids is 1. The highest BCUT2D eigenvalue weighted by atomic mass is 35.5. The van der Waals surface area contributed by atoms with Crippen LogP contribution in [0, 0.1) is 10.1 Å². The molecule has 0 aliphatic carbocycles. The van der Waals surface area contributed by atoms with E-state index in [1.54, 1.807) is 49.5 Å². The predicted octanol–water partition coefficient (Wildman–Crippen LogP) is 5.46. The monoisotopic (exact) mass is 469 g/mol. The Balaban J connectivity index is 1.45. The SMILES string of the molecule is CC(Sc1ccc(Cl)cc1)C(=O)N/N=C/c1ccc(OCc2ccc([N+](=O)[O-])cc2)cc1. The Morgan fingerprint density at radius 1 is 1.12 bits per heavy atom. The van der Waals surface area contributed by atoms with Crippen LogP contribution in [0.3, 0.4) is 0 Å². The number of ether oxygens (including phenoxy) is 1. The number of nitrogens with one attached hydrogen (secondary N) is 1. The zero-order chi connectivity index (χ0) is 22.9. The van der Waals surface area contributed by atoms with Gasteiger partial charge in [0.05, 0.1) is 16.4 Å². The van der Waals surface area contributed by atoms with Gasteiger partial charge in [-0.1, -0.05) is 11.6 Å². The van der Waals surface area contributed by atoms with Gasteiger partial charge in [-0.15, -0.1) is 11.8 Å². The van der Waals surface area contributed by atoms with E-state index in [9.17, 15) is 14.9 Å². The topological polar surface area (TPSA) is 93.8 Å². The van der Waals surface area contributed by atoms with Crippen molar-refractivity contribution < 1.29 is 14.5 Å². The van der Waals surface area contributed by atoms with Gasteiger partial charge >= 0.3 is 0 Å². The number of nitro benzene ring substituents is 1. The molecule has 1 amide bonds. The van der Waals surface area contributed by atoms with Crippen LogP contribution in [-0.2, 0) is 11.4 Å². The highest BCUT2D eigenvalue weighted by molar-refractivity contribution is 8.00. The average molecular weight is 470 g/mol. The van der Waals surface area contributed by atoms with Crippen molar-refractivity contribution in [1.82, 2.24) is 5.43 Å². The molecule has 0 radical (unpaired) electrons. The van der Waals surface area contributed by atoms with Crippen LogP contribution < -0.4 is 10.2 Å². The van der Waals surface area contributed by atoms with Crippen molar-refractivity contribution in [2.45, 2.75) is 23.7 Å². The first-order valence-corrected chi connectivity index (χ1v) is 10.9. The van der Waals surface area contributed by atoms with Crippen LogP contribution in [0.15, 0.2) is 82.8 Å². The number of rotatable bonds is 9. The predicted molar refractivity (Wildman–Crippen MR) is 126 cm³/mol. The Morgan fingerprint density at radius 2 is 1.78 bits per heavy atom. The van der Waals surface area contributed by atoms with E-state index in [1.807, 2.05) is 24.3 Å². The van der Waals surface area contributed by atoms with Gasteiger partial charge in [0.25, 0.3) is 11.6 Å². The van der Waals surface area contributed by atoms with Gasteiger partial charge in [0.15, 0.2) is 0 Å². The average Bonchev–Trinajstić information content (AvgIpc) is 2.80. The van der Waals surface area contributed by atoms with Crippen molar-refractivity contribution in [3.05, 3.63) is 99.1 Å². The molecule has 0 aliphatic rings. The number of halogens is 1. The van der Waals surface area contributed by atoms with Crippen molar-refractivity contribution >= 4 is 41.2 Å². The maximum absolute atomic E-state index is 12.2. The van der Waals surface area contributed by atoms with Crippen LogP contribution >= 0.6 is 23.4 Å². The Morgan fingerprint density at radius 3 is 2.41 bits per heavy atom. The van der Waals surface area contributed by atoms with Crippen molar-refractivity contribution in [3.63, 3.8) is 0 Å². The van der Waals surface area contributed by atoms with E-state index in [4.69, 9.17) is 16.3 Å². The Bertz CT molecular complexity index is 1090. The lowest BCUT2D eigenvalue weighted by Gasteiger charge is -2.09. The third-order valence-electron chi connectivity index (χ3n) is 4.32. The van der Waals surface area contributed by atoms with E-state index in [-0.39, 0.29) is 16.8 Å². The van der Waals surface area contributed by atoms with E-state index in [0.29, 0.717) is 17.4 Å². The Labute approximate surface area is 194 Å². The van der Waals surface area contributed by atoms with Crippen LogP contribution in [-0.4, -0.2) is 22.3 Å². The number of non-ortho nitro benzene ring substituents is 1. The first-order valence-electron chi connectivity index (χ1n) is 9.62. The van der Waals surface area contributed by atoms with Crippen molar-refractivity contribution in [2.75, 3.05) is 0 Å². The van der Waals surface area contributed by atoms with Gasteiger partial charge in [0.1, 0.15) is 12.4 Å². The lowest BCUT2D eigenvalue weighted by molar-refractivity contribution is -0.384. The Hall–Kier alpha value is -3.36. The summed E-state index contributed by atoms with van der Waals surface area (Å²) < 4.78 is 5.69. The van der Waals surface area contributed by atoms with Crippen LogP contribution in [0.5, 0.6) is 5.75 Å². The summed E-state index contributed by atoms with van der Waals surface area (Å²) in [6.45, 7) is 2.10. The summed E-state index contributed by atoms with van der Waals surface area (Å²) in [7, 11) is 0. The number of hydrogen-bond acceptors (Lipinski definition) is 6. The summed E-state index contributed by atoms with van der Waals surface area (Å²) in [5.74, 6) is 0.446. The fourth-order valence-electron chi connectivity index (χ4n) is 2.56. The molecule has 0 saturated heterocycles. The molecule has 9 heteroatoms. The number of hydrogen-bond donors (Lipinski definition) is 1. The molecule has 0 fully saturated rings.